The van der Waals surface area contributed by atoms with E-state index in [1.54, 1.807) is 30.8 Å². The van der Waals surface area contributed by atoms with Gasteiger partial charge < -0.3 is 25.3 Å². The summed E-state index contributed by atoms with van der Waals surface area (Å²) in [7, 11) is -4.48. The van der Waals surface area contributed by atoms with Crippen molar-refractivity contribution < 1.29 is 22.9 Å². The number of amides is 2. The van der Waals surface area contributed by atoms with Gasteiger partial charge in [0.05, 0.1) is 9.82 Å². The number of nitro benzene ring substituents is 1. The smallest absolute Gasteiger partial charge is 0.293 e. The Labute approximate surface area is 422 Å². The highest BCUT2D eigenvalue weighted by molar-refractivity contribution is 7.99. The second kappa shape index (κ2) is 23.5. The van der Waals surface area contributed by atoms with Crippen LogP contribution in [0.4, 0.5) is 17.1 Å². The molecule has 0 aromatic heterocycles. The van der Waals surface area contributed by atoms with Crippen LogP contribution >= 0.6 is 23.4 Å². The Morgan fingerprint density at radius 2 is 1.54 bits per heavy atom. The predicted molar refractivity (Wildman–Crippen MR) is 280 cm³/mol. The Morgan fingerprint density at radius 3 is 2.21 bits per heavy atom. The minimum atomic E-state index is -4.48. The van der Waals surface area contributed by atoms with Crippen LogP contribution in [0.25, 0.3) is 5.57 Å². The molecule has 0 spiro atoms. The average Bonchev–Trinajstić information content (AvgIpc) is 3.36. The third kappa shape index (κ3) is 13.7. The highest BCUT2D eigenvalue weighted by atomic mass is 35.5. The molecular weight excluding hydrogens is 946 g/mol. The molecular formula is C52H66ClN9O6S2. The molecule has 3 aliphatic heterocycles. The summed E-state index contributed by atoms with van der Waals surface area (Å²) in [5, 5.41) is 20.0. The quantitative estimate of drug-likeness (QED) is 0.0523. The van der Waals surface area contributed by atoms with Crippen molar-refractivity contribution in [1.82, 2.24) is 29.6 Å². The number of hydrogen-bond donors (Lipinski definition) is 3. The number of piperazine rings is 3. The number of allylic oxidation sites excluding steroid dienone is 1. The normalized spacial score (nSPS) is 20.3. The molecule has 18 heteroatoms. The molecule has 3 heterocycles. The van der Waals surface area contributed by atoms with Crippen molar-refractivity contribution in [3.05, 3.63) is 129 Å². The van der Waals surface area contributed by atoms with Crippen molar-refractivity contribution in [2.24, 2.45) is 5.41 Å². The number of hydrogen-bond acceptors (Lipinski definition) is 13. The van der Waals surface area contributed by atoms with Crippen LogP contribution < -0.4 is 20.3 Å². The average molecular weight is 1010 g/mol. The second-order valence-corrected chi connectivity index (χ2v) is 22.6. The van der Waals surface area contributed by atoms with Gasteiger partial charge in [0, 0.05) is 144 Å². The molecule has 3 fully saturated rings. The Balaban J connectivity index is 0.875. The second-order valence-electron chi connectivity index (χ2n) is 19.4. The minimum Gasteiger partial charge on any atom is -0.376 e. The highest BCUT2D eigenvalue weighted by Crippen LogP contribution is 2.44. The molecule has 4 aromatic rings. The number of nitrogens with zero attached hydrogens (tertiary/aromatic N) is 6. The molecule has 2 atom stereocenters. The molecule has 0 radical (unpaired) electrons. The topological polar surface area (TPSA) is 164 Å². The van der Waals surface area contributed by atoms with Crippen molar-refractivity contribution >= 4 is 67.8 Å². The van der Waals surface area contributed by atoms with Gasteiger partial charge in [-0.2, -0.15) is 0 Å². The predicted octanol–water partition coefficient (Wildman–Crippen LogP) is 7.17. The van der Waals surface area contributed by atoms with Crippen molar-refractivity contribution in [2.45, 2.75) is 55.4 Å². The molecule has 0 bridgehead atoms. The largest absolute Gasteiger partial charge is 0.376 e. The first kappa shape index (κ1) is 51.3. The lowest BCUT2D eigenvalue weighted by atomic mass is 9.71. The van der Waals surface area contributed by atoms with Crippen LogP contribution in [0, 0.1) is 15.5 Å². The summed E-state index contributed by atoms with van der Waals surface area (Å²) in [6.45, 7) is 17.2. The summed E-state index contributed by atoms with van der Waals surface area (Å²) >= 11 is 7.92. The number of nitrogens with one attached hydrogen (secondary N) is 3. The van der Waals surface area contributed by atoms with Crippen LogP contribution in [0.1, 0.15) is 55.5 Å². The van der Waals surface area contributed by atoms with Gasteiger partial charge in [0.15, 0.2) is 0 Å². The number of carbonyl (C=O) groups excluding carboxylic acids is 2. The monoisotopic (exact) mass is 1010 g/mol. The van der Waals surface area contributed by atoms with Gasteiger partial charge in [-0.15, -0.1) is 11.8 Å². The van der Waals surface area contributed by atoms with Crippen molar-refractivity contribution in [1.29, 1.82) is 0 Å². The molecule has 4 aliphatic rings. The van der Waals surface area contributed by atoms with Crippen LogP contribution in [0.5, 0.6) is 0 Å². The number of benzene rings is 4. The molecule has 3 saturated heterocycles. The van der Waals surface area contributed by atoms with E-state index < -0.39 is 26.5 Å². The summed E-state index contributed by atoms with van der Waals surface area (Å²) in [6, 6.07) is 28.5. The van der Waals surface area contributed by atoms with Crippen LogP contribution in [0.3, 0.4) is 0 Å². The molecule has 4 aromatic carbocycles. The van der Waals surface area contributed by atoms with E-state index in [9.17, 15) is 28.1 Å². The minimum absolute atomic E-state index is 0.0587. The molecule has 2 amide bonds. The van der Waals surface area contributed by atoms with Crippen molar-refractivity contribution in [3.8, 4) is 0 Å². The first-order valence-electron chi connectivity index (χ1n) is 24.5. The van der Waals surface area contributed by atoms with E-state index in [2.05, 4.69) is 54.0 Å². The Hall–Kier alpha value is -5.01. The third-order valence-corrected chi connectivity index (χ3v) is 17.0. The zero-order chi connectivity index (χ0) is 49.3. The van der Waals surface area contributed by atoms with Crippen LogP contribution in [0.15, 0.2) is 112 Å². The summed E-state index contributed by atoms with van der Waals surface area (Å²) < 4.78 is 29.4. The molecule has 374 valence electrons. The van der Waals surface area contributed by atoms with Crippen molar-refractivity contribution in [3.63, 3.8) is 0 Å². The maximum Gasteiger partial charge on any atom is 0.293 e. The molecule has 0 saturated carbocycles. The molecule has 1 aliphatic carbocycles. The molecule has 1 unspecified atom stereocenters. The zero-order valence-electron chi connectivity index (χ0n) is 40.3. The van der Waals surface area contributed by atoms with Crippen molar-refractivity contribution in [2.75, 3.05) is 114 Å². The van der Waals surface area contributed by atoms with Gasteiger partial charge in [-0.1, -0.05) is 54.4 Å². The number of rotatable bonds is 18. The van der Waals surface area contributed by atoms with Gasteiger partial charge in [0.2, 0.25) is 5.91 Å². The van der Waals surface area contributed by atoms with E-state index in [1.807, 2.05) is 59.5 Å². The molecule has 70 heavy (non-hydrogen) atoms. The lowest BCUT2D eigenvalue weighted by Gasteiger charge is -2.43. The van der Waals surface area contributed by atoms with Gasteiger partial charge in [-0.05, 0) is 103 Å². The Bertz CT molecular complexity index is 2580. The number of halogens is 1. The van der Waals surface area contributed by atoms with E-state index in [1.165, 1.54) is 28.8 Å². The number of sulfonamides is 1. The van der Waals surface area contributed by atoms with E-state index in [4.69, 9.17) is 11.6 Å². The van der Waals surface area contributed by atoms with Crippen LogP contribution in [-0.4, -0.2) is 155 Å². The number of carbonyl (C=O) groups is 2. The first-order chi connectivity index (χ1) is 33.7. The molecule has 15 nitrogen and oxygen atoms in total. The maximum atomic E-state index is 13.6. The molecule has 8 rings (SSSR count). The first-order valence-corrected chi connectivity index (χ1v) is 27.3. The fraction of sp³-hybridized carbons (Fsp3) is 0.462. The van der Waals surface area contributed by atoms with Gasteiger partial charge in [-0.25, -0.2) is 13.1 Å². The van der Waals surface area contributed by atoms with Crippen LogP contribution in [-0.2, 0) is 14.8 Å². The van der Waals surface area contributed by atoms with E-state index in [0.29, 0.717) is 31.8 Å². The summed E-state index contributed by atoms with van der Waals surface area (Å²) in [6.07, 6.45) is 3.92. The Kier molecular flexibility index (Phi) is 17.2. The zero-order valence-corrected chi connectivity index (χ0v) is 42.7. The fourth-order valence-electron chi connectivity index (χ4n) is 10.2. The lowest BCUT2D eigenvalue weighted by Crippen LogP contribution is -2.49. The molecule has 3 N–H and O–H groups in total. The highest BCUT2D eigenvalue weighted by Gasteiger charge is 2.35. The third-order valence-electron chi connectivity index (χ3n) is 14.2. The van der Waals surface area contributed by atoms with E-state index >= 15 is 0 Å². The number of nitro groups is 1. The van der Waals surface area contributed by atoms with Gasteiger partial charge in [-0.3, -0.25) is 29.5 Å². The van der Waals surface area contributed by atoms with E-state index in [-0.39, 0.29) is 33.5 Å². The summed E-state index contributed by atoms with van der Waals surface area (Å²) in [5.41, 5.74) is 5.30. The number of anilines is 2. The van der Waals surface area contributed by atoms with Crippen LogP contribution in [0.2, 0.25) is 5.02 Å². The van der Waals surface area contributed by atoms with Gasteiger partial charge in [0.1, 0.15) is 5.69 Å². The SMILES string of the molecule is CC(=O)N1CCN(CC[C@H](CSc2ccccc2)Nc2ccc(S(=O)(=O)NC(=O)c3ccc(N4CCN(CC5=C(c6ccc(Cl)cc6)CCC(C)(CN6CCNCC6)C5)CC4)cc3)cc2[N+](=O)[O-])CC1. The summed E-state index contributed by atoms with van der Waals surface area (Å²) in [4.78, 5) is 49.3. The fourth-order valence-corrected chi connectivity index (χ4v) is 12.3. The standard InChI is InChI=1S/C52H66ClN9O6S2/c1-39(63)60-30-26-57(27-31-60)23-19-44(37-69-46-6-4-3-5-7-46)55-49-17-16-47(34-50(49)62(65)66)70(67,68)56-51(64)41-10-14-45(15-11-41)61-32-28-58(29-33-61)36-42-35-52(2,38-59-24-21-54-22-25-59)20-18-48(42)40-8-12-43(53)13-9-40/h3-17,34,44,54-55H,18-33,35-38H2,1-2H3,(H,56,64)/t44-,52?/m1/s1. The number of thioether (sulfide) groups is 1. The Morgan fingerprint density at radius 1 is 0.857 bits per heavy atom. The summed E-state index contributed by atoms with van der Waals surface area (Å²) in [5.74, 6) is -0.171. The van der Waals surface area contributed by atoms with Gasteiger partial charge >= 0.3 is 0 Å². The van der Waals surface area contributed by atoms with E-state index in [0.717, 1.165) is 119 Å². The lowest BCUT2D eigenvalue weighted by molar-refractivity contribution is -0.384. The maximum absolute atomic E-state index is 13.6. The van der Waals surface area contributed by atoms with Gasteiger partial charge in [0.25, 0.3) is 21.6 Å².